The van der Waals surface area contributed by atoms with Crippen molar-refractivity contribution in [2.75, 3.05) is 32.0 Å². The molecule has 23 heavy (non-hydrogen) atoms. The number of nitrogens with one attached hydrogen (secondary N) is 2. The van der Waals surface area contributed by atoms with Gasteiger partial charge >= 0.3 is 0 Å². The van der Waals surface area contributed by atoms with E-state index in [1.807, 2.05) is 19.1 Å². The molecule has 1 aliphatic rings. The van der Waals surface area contributed by atoms with E-state index >= 15 is 0 Å². The van der Waals surface area contributed by atoms with E-state index in [4.69, 9.17) is 0 Å². The molecule has 1 aromatic heterocycles. The predicted octanol–water partition coefficient (Wildman–Crippen LogP) is 2.03. The Morgan fingerprint density at radius 3 is 2.83 bits per heavy atom. The SMILES string of the molecule is CN=C(NCCC(=O)Nc1cccc(C)n1)N1CCC(C)(C)C1. The third kappa shape index (κ3) is 5.23. The summed E-state index contributed by atoms with van der Waals surface area (Å²) >= 11 is 0. The highest BCUT2D eigenvalue weighted by molar-refractivity contribution is 5.90. The topological polar surface area (TPSA) is 69.6 Å². The van der Waals surface area contributed by atoms with E-state index in [2.05, 4.69) is 39.4 Å². The van der Waals surface area contributed by atoms with Gasteiger partial charge in [-0.05, 0) is 30.9 Å². The summed E-state index contributed by atoms with van der Waals surface area (Å²) in [6, 6.07) is 5.58. The monoisotopic (exact) mass is 317 g/mol. The van der Waals surface area contributed by atoms with Gasteiger partial charge < -0.3 is 15.5 Å². The highest BCUT2D eigenvalue weighted by Gasteiger charge is 2.30. The van der Waals surface area contributed by atoms with Crippen molar-refractivity contribution in [3.63, 3.8) is 0 Å². The molecule has 6 heteroatoms. The van der Waals surface area contributed by atoms with Crippen LogP contribution in [0, 0.1) is 12.3 Å². The van der Waals surface area contributed by atoms with E-state index in [9.17, 15) is 4.79 Å². The van der Waals surface area contributed by atoms with Crippen LogP contribution in [0.4, 0.5) is 5.82 Å². The van der Waals surface area contributed by atoms with Crippen LogP contribution in [0.25, 0.3) is 0 Å². The smallest absolute Gasteiger partial charge is 0.227 e. The van der Waals surface area contributed by atoms with Gasteiger partial charge in [0.1, 0.15) is 5.82 Å². The zero-order chi connectivity index (χ0) is 16.9. The fourth-order valence-electron chi connectivity index (χ4n) is 2.73. The van der Waals surface area contributed by atoms with Crippen molar-refractivity contribution in [1.29, 1.82) is 0 Å². The van der Waals surface area contributed by atoms with Crippen molar-refractivity contribution in [3.8, 4) is 0 Å². The molecule has 0 aliphatic carbocycles. The Morgan fingerprint density at radius 2 is 2.22 bits per heavy atom. The number of carbonyl (C=O) groups excluding carboxylic acids is 1. The molecular weight excluding hydrogens is 290 g/mol. The van der Waals surface area contributed by atoms with Gasteiger partial charge in [-0.25, -0.2) is 4.98 Å². The van der Waals surface area contributed by atoms with Crippen LogP contribution in [0.5, 0.6) is 0 Å². The van der Waals surface area contributed by atoms with Gasteiger partial charge in [0.15, 0.2) is 5.96 Å². The molecule has 0 spiro atoms. The molecule has 0 atom stereocenters. The number of amides is 1. The number of anilines is 1. The number of hydrogen-bond donors (Lipinski definition) is 2. The maximum absolute atomic E-state index is 12.0. The Labute approximate surface area is 138 Å². The van der Waals surface area contributed by atoms with E-state index in [0.717, 1.165) is 31.2 Å². The summed E-state index contributed by atoms with van der Waals surface area (Å²) in [5.41, 5.74) is 1.21. The molecule has 6 nitrogen and oxygen atoms in total. The number of carbonyl (C=O) groups is 1. The van der Waals surface area contributed by atoms with E-state index in [1.165, 1.54) is 0 Å². The third-order valence-electron chi connectivity index (χ3n) is 3.98. The third-order valence-corrected chi connectivity index (χ3v) is 3.98. The Hall–Kier alpha value is -2.11. The molecule has 1 fully saturated rings. The predicted molar refractivity (Wildman–Crippen MR) is 93.6 cm³/mol. The summed E-state index contributed by atoms with van der Waals surface area (Å²) in [6.07, 6.45) is 1.54. The number of pyridine rings is 1. The maximum atomic E-state index is 12.0. The molecule has 0 radical (unpaired) electrons. The number of hydrogen-bond acceptors (Lipinski definition) is 3. The average Bonchev–Trinajstić information content (AvgIpc) is 2.83. The quantitative estimate of drug-likeness (QED) is 0.658. The van der Waals surface area contributed by atoms with Crippen LogP contribution in [0.15, 0.2) is 23.2 Å². The maximum Gasteiger partial charge on any atom is 0.227 e. The molecule has 2 N–H and O–H groups in total. The first kappa shape index (κ1) is 17.2. The molecule has 0 saturated carbocycles. The molecule has 0 aromatic carbocycles. The number of aromatic nitrogens is 1. The molecule has 2 rings (SSSR count). The van der Waals surface area contributed by atoms with E-state index in [0.29, 0.717) is 24.2 Å². The van der Waals surface area contributed by atoms with Crippen molar-refractivity contribution in [1.82, 2.24) is 15.2 Å². The van der Waals surface area contributed by atoms with Gasteiger partial charge in [-0.2, -0.15) is 0 Å². The second kappa shape index (κ2) is 7.44. The van der Waals surface area contributed by atoms with Gasteiger partial charge in [-0.3, -0.25) is 9.79 Å². The number of rotatable bonds is 4. The first-order valence-corrected chi connectivity index (χ1v) is 8.09. The normalized spacial score (nSPS) is 17.2. The van der Waals surface area contributed by atoms with Crippen molar-refractivity contribution >= 4 is 17.7 Å². The van der Waals surface area contributed by atoms with Crippen molar-refractivity contribution in [2.45, 2.75) is 33.6 Å². The first-order chi connectivity index (χ1) is 10.9. The summed E-state index contributed by atoms with van der Waals surface area (Å²) in [5, 5.41) is 6.09. The fourth-order valence-corrected chi connectivity index (χ4v) is 2.73. The number of aliphatic imine (C=N–C) groups is 1. The number of likely N-dealkylation sites (tertiary alicyclic amines) is 1. The van der Waals surface area contributed by atoms with Gasteiger partial charge in [-0.1, -0.05) is 19.9 Å². The zero-order valence-corrected chi connectivity index (χ0v) is 14.5. The lowest BCUT2D eigenvalue weighted by atomic mass is 9.93. The van der Waals surface area contributed by atoms with E-state index in [1.54, 1.807) is 13.1 Å². The summed E-state index contributed by atoms with van der Waals surface area (Å²) < 4.78 is 0. The minimum Gasteiger partial charge on any atom is -0.356 e. The van der Waals surface area contributed by atoms with Crippen LogP contribution in [0.2, 0.25) is 0 Å². The van der Waals surface area contributed by atoms with E-state index in [-0.39, 0.29) is 5.91 Å². The number of guanidine groups is 1. The van der Waals surface area contributed by atoms with E-state index < -0.39 is 0 Å². The van der Waals surface area contributed by atoms with Crippen LogP contribution in [0.3, 0.4) is 0 Å². The van der Waals surface area contributed by atoms with Crippen LogP contribution in [-0.2, 0) is 4.79 Å². The Kier molecular flexibility index (Phi) is 5.58. The molecule has 0 bridgehead atoms. The molecule has 1 saturated heterocycles. The molecular formula is C17H27N5O. The Bertz CT molecular complexity index is 582. The molecule has 1 aliphatic heterocycles. The Morgan fingerprint density at radius 1 is 1.43 bits per heavy atom. The van der Waals surface area contributed by atoms with Gasteiger partial charge in [0.2, 0.25) is 5.91 Å². The van der Waals surface area contributed by atoms with Crippen LogP contribution in [0.1, 0.15) is 32.4 Å². The van der Waals surface area contributed by atoms with Crippen molar-refractivity contribution in [2.24, 2.45) is 10.4 Å². The standard InChI is InChI=1S/C17H27N5O/c1-13-6-5-7-14(20-13)21-15(23)8-10-19-16(18-4)22-11-9-17(2,3)12-22/h5-7H,8-12H2,1-4H3,(H,18,19)(H,20,21,23). The highest BCUT2D eigenvalue weighted by atomic mass is 16.1. The molecule has 1 aromatic rings. The van der Waals surface area contributed by atoms with Gasteiger partial charge in [0.25, 0.3) is 0 Å². The summed E-state index contributed by atoms with van der Waals surface area (Å²) in [7, 11) is 1.78. The van der Waals surface area contributed by atoms with Crippen molar-refractivity contribution in [3.05, 3.63) is 23.9 Å². The zero-order valence-electron chi connectivity index (χ0n) is 14.5. The Balaban J connectivity index is 1.76. The summed E-state index contributed by atoms with van der Waals surface area (Å²) in [6.45, 7) is 8.99. The molecule has 0 unspecified atom stereocenters. The minimum atomic E-state index is -0.0483. The van der Waals surface area contributed by atoms with Crippen LogP contribution >= 0.6 is 0 Å². The van der Waals surface area contributed by atoms with Gasteiger partial charge in [-0.15, -0.1) is 0 Å². The molecule has 2 heterocycles. The van der Waals surface area contributed by atoms with Crippen LogP contribution in [-0.4, -0.2) is 48.4 Å². The number of nitrogens with zero attached hydrogens (tertiary/aromatic N) is 3. The fraction of sp³-hybridized carbons (Fsp3) is 0.588. The highest BCUT2D eigenvalue weighted by Crippen LogP contribution is 2.28. The summed E-state index contributed by atoms with van der Waals surface area (Å²) in [5.74, 6) is 1.42. The second-order valence-corrected chi connectivity index (χ2v) is 6.77. The van der Waals surface area contributed by atoms with Gasteiger partial charge in [0, 0.05) is 38.8 Å². The first-order valence-electron chi connectivity index (χ1n) is 8.09. The second-order valence-electron chi connectivity index (χ2n) is 6.77. The average molecular weight is 317 g/mol. The largest absolute Gasteiger partial charge is 0.356 e. The van der Waals surface area contributed by atoms with Crippen molar-refractivity contribution < 1.29 is 4.79 Å². The lowest BCUT2D eigenvalue weighted by Gasteiger charge is -2.23. The summed E-state index contributed by atoms with van der Waals surface area (Å²) in [4.78, 5) is 22.8. The lowest BCUT2D eigenvalue weighted by Crippen LogP contribution is -2.41. The molecule has 126 valence electrons. The van der Waals surface area contributed by atoms with Gasteiger partial charge in [0.05, 0.1) is 0 Å². The number of aryl methyl sites for hydroxylation is 1. The minimum absolute atomic E-state index is 0.0483. The lowest BCUT2D eigenvalue weighted by molar-refractivity contribution is -0.116. The molecule has 1 amide bonds. The van der Waals surface area contributed by atoms with Crippen LogP contribution < -0.4 is 10.6 Å².